The summed E-state index contributed by atoms with van der Waals surface area (Å²) in [6, 6.07) is 11.5. The number of carbonyl (C=O) groups excluding carboxylic acids is 2. The number of rotatable bonds is 5. The van der Waals surface area contributed by atoms with E-state index < -0.39 is 11.8 Å². The van der Waals surface area contributed by atoms with E-state index in [1.54, 1.807) is 0 Å². The predicted molar refractivity (Wildman–Crippen MR) is 122 cm³/mol. The number of ether oxygens (including phenoxy) is 2. The van der Waals surface area contributed by atoms with Gasteiger partial charge < -0.3 is 25.0 Å². The Morgan fingerprint density at radius 2 is 1.66 bits per heavy atom. The van der Waals surface area contributed by atoms with Crippen LogP contribution in [0.1, 0.15) is 22.7 Å². The summed E-state index contributed by atoms with van der Waals surface area (Å²) in [6.07, 6.45) is 0. The molecular formula is C24H30N4O4. The maximum absolute atomic E-state index is 12.6. The lowest BCUT2D eigenvalue weighted by Crippen LogP contribution is -2.49. The van der Waals surface area contributed by atoms with Crippen molar-refractivity contribution in [1.29, 1.82) is 0 Å². The molecule has 0 spiro atoms. The lowest BCUT2D eigenvalue weighted by Gasteiger charge is -2.38. The average molecular weight is 439 g/mol. The van der Waals surface area contributed by atoms with E-state index in [0.29, 0.717) is 18.0 Å². The Kier molecular flexibility index (Phi) is 6.62. The zero-order chi connectivity index (χ0) is 22.7. The van der Waals surface area contributed by atoms with Crippen molar-refractivity contribution in [2.45, 2.75) is 19.9 Å². The number of aryl methyl sites for hydroxylation is 2. The zero-order valence-corrected chi connectivity index (χ0v) is 18.8. The molecule has 2 aromatic rings. The number of nitrogens with one attached hydrogen (secondary N) is 2. The van der Waals surface area contributed by atoms with Gasteiger partial charge in [0.25, 0.3) is 0 Å². The van der Waals surface area contributed by atoms with Crippen molar-refractivity contribution in [3.8, 4) is 11.5 Å². The molecule has 0 saturated carbocycles. The van der Waals surface area contributed by atoms with E-state index in [1.165, 1.54) is 0 Å². The van der Waals surface area contributed by atoms with Gasteiger partial charge in [-0.1, -0.05) is 24.3 Å². The predicted octanol–water partition coefficient (Wildman–Crippen LogP) is 2.08. The van der Waals surface area contributed by atoms with E-state index in [2.05, 4.69) is 27.5 Å². The van der Waals surface area contributed by atoms with Gasteiger partial charge in [-0.15, -0.1) is 0 Å². The van der Waals surface area contributed by atoms with Crippen molar-refractivity contribution in [3.05, 3.63) is 53.1 Å². The normalized spacial score (nSPS) is 17.1. The highest BCUT2D eigenvalue weighted by molar-refractivity contribution is 6.39. The van der Waals surface area contributed by atoms with Gasteiger partial charge in [0.15, 0.2) is 11.5 Å². The fraction of sp³-hybridized carbons (Fsp3) is 0.417. The van der Waals surface area contributed by atoms with E-state index in [0.717, 1.165) is 48.6 Å². The molecular weight excluding hydrogens is 408 g/mol. The first-order valence-electron chi connectivity index (χ1n) is 10.9. The SMILES string of the molecule is Cc1cccc(C)c1NC(=O)C(=O)NCC(c1ccc2c(c1)OCO2)N1CCN(C)CC1. The molecule has 1 unspecified atom stereocenters. The number of hydrogen-bond acceptors (Lipinski definition) is 6. The average Bonchev–Trinajstić information content (AvgIpc) is 3.25. The van der Waals surface area contributed by atoms with Crippen LogP contribution in [0.2, 0.25) is 0 Å². The van der Waals surface area contributed by atoms with E-state index >= 15 is 0 Å². The first-order chi connectivity index (χ1) is 15.4. The number of anilines is 1. The van der Waals surface area contributed by atoms with Crippen LogP contribution in [-0.2, 0) is 9.59 Å². The molecule has 2 amide bonds. The van der Waals surface area contributed by atoms with Gasteiger partial charge in [0.2, 0.25) is 6.79 Å². The van der Waals surface area contributed by atoms with Gasteiger partial charge in [0.1, 0.15) is 0 Å². The van der Waals surface area contributed by atoms with Gasteiger partial charge >= 0.3 is 11.8 Å². The fourth-order valence-electron chi connectivity index (χ4n) is 4.16. The highest BCUT2D eigenvalue weighted by Crippen LogP contribution is 2.35. The molecule has 2 N–H and O–H groups in total. The number of fused-ring (bicyclic) bond motifs is 1. The van der Waals surface area contributed by atoms with Gasteiger partial charge in [-0.2, -0.15) is 0 Å². The van der Waals surface area contributed by atoms with Gasteiger partial charge in [-0.05, 0) is 49.7 Å². The lowest BCUT2D eigenvalue weighted by atomic mass is 10.0. The molecule has 2 aliphatic heterocycles. The summed E-state index contributed by atoms with van der Waals surface area (Å²) in [5.41, 5.74) is 3.54. The smallest absolute Gasteiger partial charge is 0.313 e. The number of hydrogen-bond donors (Lipinski definition) is 2. The van der Waals surface area contributed by atoms with Crippen LogP contribution >= 0.6 is 0 Å². The molecule has 2 heterocycles. The van der Waals surface area contributed by atoms with E-state index in [4.69, 9.17) is 9.47 Å². The van der Waals surface area contributed by atoms with Crippen LogP contribution in [0.15, 0.2) is 36.4 Å². The zero-order valence-electron chi connectivity index (χ0n) is 18.8. The third kappa shape index (κ3) is 4.87. The van der Waals surface area contributed by atoms with Gasteiger partial charge in [0.05, 0.1) is 6.04 Å². The van der Waals surface area contributed by atoms with Crippen molar-refractivity contribution in [2.75, 3.05) is 51.9 Å². The third-order valence-electron chi connectivity index (χ3n) is 6.14. The molecule has 170 valence electrons. The van der Waals surface area contributed by atoms with Crippen LogP contribution in [0.4, 0.5) is 5.69 Å². The number of benzene rings is 2. The van der Waals surface area contributed by atoms with E-state index in [9.17, 15) is 9.59 Å². The highest BCUT2D eigenvalue weighted by Gasteiger charge is 2.27. The Morgan fingerprint density at radius 3 is 2.38 bits per heavy atom. The maximum Gasteiger partial charge on any atom is 0.313 e. The van der Waals surface area contributed by atoms with Gasteiger partial charge in [-0.3, -0.25) is 14.5 Å². The molecule has 8 nitrogen and oxygen atoms in total. The Balaban J connectivity index is 1.46. The molecule has 0 aromatic heterocycles. The fourth-order valence-corrected chi connectivity index (χ4v) is 4.16. The van der Waals surface area contributed by atoms with Crippen molar-refractivity contribution < 1.29 is 19.1 Å². The number of piperazine rings is 1. The summed E-state index contributed by atoms with van der Waals surface area (Å²) in [6.45, 7) is 7.99. The minimum Gasteiger partial charge on any atom is -0.454 e. The summed E-state index contributed by atoms with van der Waals surface area (Å²) in [5.74, 6) is 0.126. The van der Waals surface area contributed by atoms with Crippen molar-refractivity contribution in [2.24, 2.45) is 0 Å². The topological polar surface area (TPSA) is 83.1 Å². The molecule has 8 heteroatoms. The van der Waals surface area contributed by atoms with Crippen molar-refractivity contribution in [1.82, 2.24) is 15.1 Å². The highest BCUT2D eigenvalue weighted by atomic mass is 16.7. The summed E-state index contributed by atoms with van der Waals surface area (Å²) in [4.78, 5) is 29.8. The quantitative estimate of drug-likeness (QED) is 0.696. The number of carbonyl (C=O) groups is 2. The first kappa shape index (κ1) is 22.1. The standard InChI is InChI=1S/C24H30N4O4/c1-16-5-4-6-17(2)22(16)26-24(30)23(29)25-14-19(28-11-9-27(3)10-12-28)18-7-8-20-21(13-18)32-15-31-20/h4-8,13,19H,9-12,14-15H2,1-3H3,(H,25,29)(H,26,30). The Labute approximate surface area is 188 Å². The second kappa shape index (κ2) is 9.58. The molecule has 1 atom stereocenters. The molecule has 4 rings (SSSR count). The van der Waals surface area contributed by atoms with Crippen LogP contribution in [0.3, 0.4) is 0 Å². The maximum atomic E-state index is 12.6. The Hall–Kier alpha value is -3.10. The molecule has 1 fully saturated rings. The Morgan fingerprint density at radius 1 is 0.969 bits per heavy atom. The molecule has 0 radical (unpaired) electrons. The van der Waals surface area contributed by atoms with Gasteiger partial charge in [-0.25, -0.2) is 0 Å². The molecule has 0 aliphatic carbocycles. The monoisotopic (exact) mass is 438 g/mol. The van der Waals surface area contributed by atoms with E-state index in [1.807, 2.05) is 50.2 Å². The molecule has 2 aliphatic rings. The van der Waals surface area contributed by atoms with E-state index in [-0.39, 0.29) is 12.8 Å². The van der Waals surface area contributed by atoms with Crippen LogP contribution in [0.5, 0.6) is 11.5 Å². The minimum atomic E-state index is -0.662. The lowest BCUT2D eigenvalue weighted by molar-refractivity contribution is -0.136. The third-order valence-corrected chi connectivity index (χ3v) is 6.14. The molecule has 2 aromatic carbocycles. The minimum absolute atomic E-state index is 0.0739. The van der Waals surface area contributed by atoms with Crippen LogP contribution in [-0.4, -0.2) is 68.2 Å². The molecule has 0 bridgehead atoms. The Bertz CT molecular complexity index is 981. The van der Waals surface area contributed by atoms with Crippen LogP contribution in [0.25, 0.3) is 0 Å². The molecule has 1 saturated heterocycles. The number of para-hydroxylation sites is 1. The summed E-state index contributed by atoms with van der Waals surface area (Å²) in [7, 11) is 2.10. The largest absolute Gasteiger partial charge is 0.454 e. The number of nitrogens with zero attached hydrogens (tertiary/aromatic N) is 2. The summed E-state index contributed by atoms with van der Waals surface area (Å²) >= 11 is 0. The second-order valence-electron chi connectivity index (χ2n) is 8.40. The van der Waals surface area contributed by atoms with Gasteiger partial charge in [0, 0.05) is 38.4 Å². The first-order valence-corrected chi connectivity index (χ1v) is 10.9. The number of likely N-dealkylation sites (N-methyl/N-ethyl adjacent to an activating group) is 1. The van der Waals surface area contributed by atoms with Crippen LogP contribution in [0, 0.1) is 13.8 Å². The summed E-state index contributed by atoms with van der Waals surface area (Å²) in [5, 5.41) is 5.59. The van der Waals surface area contributed by atoms with Crippen molar-refractivity contribution in [3.63, 3.8) is 0 Å². The van der Waals surface area contributed by atoms with Crippen LogP contribution < -0.4 is 20.1 Å². The second-order valence-corrected chi connectivity index (χ2v) is 8.40. The number of amides is 2. The van der Waals surface area contributed by atoms with Crippen molar-refractivity contribution >= 4 is 17.5 Å². The summed E-state index contributed by atoms with van der Waals surface area (Å²) < 4.78 is 11.0. The molecule has 32 heavy (non-hydrogen) atoms.